The lowest BCUT2D eigenvalue weighted by molar-refractivity contribution is 0.476. The number of anilines is 1. The van der Waals surface area contributed by atoms with Crippen LogP contribution in [0.2, 0.25) is 0 Å². The molecule has 0 saturated carbocycles. The van der Waals surface area contributed by atoms with Crippen LogP contribution in [0.5, 0.6) is 5.75 Å². The zero-order valence-corrected chi connectivity index (χ0v) is 11.2. The topological polar surface area (TPSA) is 49.2 Å². The van der Waals surface area contributed by atoms with Crippen molar-refractivity contribution < 1.29 is 5.11 Å². The highest BCUT2D eigenvalue weighted by atomic mass is 16.3. The summed E-state index contributed by atoms with van der Waals surface area (Å²) in [5, 5.41) is 10.00. The SMILES string of the molecule is Cc1ccc2nc3cc(N(C)C)c(O)cc3nc2c1. The number of phenols is 1. The third-order valence-electron chi connectivity index (χ3n) is 3.17. The highest BCUT2D eigenvalue weighted by Crippen LogP contribution is 2.30. The van der Waals surface area contributed by atoms with Gasteiger partial charge in [0.25, 0.3) is 0 Å². The van der Waals surface area contributed by atoms with Crippen LogP contribution in [-0.2, 0) is 0 Å². The maximum absolute atomic E-state index is 10.00. The minimum absolute atomic E-state index is 0.221. The quantitative estimate of drug-likeness (QED) is 0.677. The second-order valence-corrected chi connectivity index (χ2v) is 4.94. The van der Waals surface area contributed by atoms with E-state index in [1.807, 2.05) is 50.2 Å². The molecule has 1 aromatic heterocycles. The Bertz CT molecular complexity index is 781. The van der Waals surface area contributed by atoms with Crippen molar-refractivity contribution in [2.75, 3.05) is 19.0 Å². The lowest BCUT2D eigenvalue weighted by atomic mass is 10.2. The minimum atomic E-state index is 0.221. The molecule has 2 aromatic carbocycles. The average Bonchev–Trinajstić information content (AvgIpc) is 2.35. The van der Waals surface area contributed by atoms with Crippen molar-refractivity contribution in [3.63, 3.8) is 0 Å². The molecular weight excluding hydrogens is 238 g/mol. The van der Waals surface area contributed by atoms with Crippen molar-refractivity contribution in [3.8, 4) is 5.75 Å². The Kier molecular flexibility index (Phi) is 2.52. The van der Waals surface area contributed by atoms with Crippen LogP contribution in [0.3, 0.4) is 0 Å². The van der Waals surface area contributed by atoms with E-state index in [0.29, 0.717) is 5.52 Å². The molecule has 0 radical (unpaired) electrons. The fourth-order valence-electron chi connectivity index (χ4n) is 2.17. The molecule has 3 aromatic rings. The molecule has 0 aliphatic rings. The third-order valence-corrected chi connectivity index (χ3v) is 3.17. The van der Waals surface area contributed by atoms with Crippen LogP contribution in [0, 0.1) is 6.92 Å². The van der Waals surface area contributed by atoms with Gasteiger partial charge in [0.15, 0.2) is 0 Å². The van der Waals surface area contributed by atoms with E-state index < -0.39 is 0 Å². The molecule has 96 valence electrons. The van der Waals surface area contributed by atoms with E-state index in [0.717, 1.165) is 27.8 Å². The molecule has 0 bridgehead atoms. The van der Waals surface area contributed by atoms with Gasteiger partial charge in [-0.05, 0) is 30.7 Å². The summed E-state index contributed by atoms with van der Waals surface area (Å²) in [5.74, 6) is 0.221. The highest BCUT2D eigenvalue weighted by Gasteiger charge is 2.09. The highest BCUT2D eigenvalue weighted by molar-refractivity contribution is 5.90. The van der Waals surface area contributed by atoms with E-state index in [-0.39, 0.29) is 5.75 Å². The molecule has 0 spiro atoms. The predicted octanol–water partition coefficient (Wildman–Crippen LogP) is 2.86. The molecule has 19 heavy (non-hydrogen) atoms. The van der Waals surface area contributed by atoms with Crippen molar-refractivity contribution in [2.45, 2.75) is 6.92 Å². The van der Waals surface area contributed by atoms with E-state index in [9.17, 15) is 5.11 Å². The standard InChI is InChI=1S/C15H15N3O/c1-9-4-5-10-11(6-9)17-13-8-15(19)14(18(2)3)7-12(13)16-10/h4-8,19H,1-3H3. The van der Waals surface area contributed by atoms with Crippen LogP contribution in [0.15, 0.2) is 30.3 Å². The summed E-state index contributed by atoms with van der Waals surface area (Å²) in [4.78, 5) is 11.0. The van der Waals surface area contributed by atoms with E-state index in [1.54, 1.807) is 6.07 Å². The lowest BCUT2D eigenvalue weighted by Crippen LogP contribution is -2.08. The van der Waals surface area contributed by atoms with Crippen molar-refractivity contribution in [2.24, 2.45) is 0 Å². The van der Waals surface area contributed by atoms with E-state index in [4.69, 9.17) is 0 Å². The molecule has 0 unspecified atom stereocenters. The first-order valence-electron chi connectivity index (χ1n) is 6.13. The first-order chi connectivity index (χ1) is 9.04. The molecule has 0 aliphatic carbocycles. The number of aromatic nitrogens is 2. The zero-order chi connectivity index (χ0) is 13.6. The van der Waals surface area contributed by atoms with Crippen LogP contribution in [0.4, 0.5) is 5.69 Å². The smallest absolute Gasteiger partial charge is 0.141 e. The van der Waals surface area contributed by atoms with Crippen molar-refractivity contribution >= 4 is 27.8 Å². The van der Waals surface area contributed by atoms with Gasteiger partial charge in [-0.15, -0.1) is 0 Å². The average molecular weight is 253 g/mol. The number of fused-ring (bicyclic) bond motifs is 2. The number of hydrogen-bond donors (Lipinski definition) is 1. The Morgan fingerprint density at radius 2 is 1.53 bits per heavy atom. The van der Waals surface area contributed by atoms with Gasteiger partial charge in [0.2, 0.25) is 0 Å². The Balaban J connectivity index is 2.35. The van der Waals surface area contributed by atoms with Gasteiger partial charge in [0.05, 0.1) is 27.8 Å². The molecule has 3 rings (SSSR count). The fraction of sp³-hybridized carbons (Fsp3) is 0.200. The number of aromatic hydroxyl groups is 1. The second-order valence-electron chi connectivity index (χ2n) is 4.94. The summed E-state index contributed by atoms with van der Waals surface area (Å²) in [5.41, 5.74) is 5.11. The van der Waals surface area contributed by atoms with Crippen LogP contribution in [-0.4, -0.2) is 29.2 Å². The molecule has 0 saturated heterocycles. The van der Waals surface area contributed by atoms with E-state index >= 15 is 0 Å². The van der Waals surface area contributed by atoms with E-state index in [1.165, 1.54) is 0 Å². The first-order valence-corrected chi connectivity index (χ1v) is 6.13. The maximum Gasteiger partial charge on any atom is 0.141 e. The summed E-state index contributed by atoms with van der Waals surface area (Å²) in [6.07, 6.45) is 0. The van der Waals surface area contributed by atoms with Crippen LogP contribution >= 0.6 is 0 Å². The number of hydrogen-bond acceptors (Lipinski definition) is 4. The van der Waals surface area contributed by atoms with Crippen molar-refractivity contribution in [1.29, 1.82) is 0 Å². The van der Waals surface area contributed by atoms with E-state index in [2.05, 4.69) is 9.97 Å². The summed E-state index contributed by atoms with van der Waals surface area (Å²) in [7, 11) is 3.78. The molecule has 0 amide bonds. The Hall–Kier alpha value is -2.36. The van der Waals surface area contributed by atoms with Gasteiger partial charge in [0.1, 0.15) is 5.75 Å². The Labute approximate surface area is 111 Å². The number of nitrogens with zero attached hydrogens (tertiary/aromatic N) is 3. The maximum atomic E-state index is 10.00. The number of phenolic OH excluding ortho intramolecular Hbond substituents is 1. The number of rotatable bonds is 1. The van der Waals surface area contributed by atoms with Gasteiger partial charge >= 0.3 is 0 Å². The molecule has 4 nitrogen and oxygen atoms in total. The summed E-state index contributed by atoms with van der Waals surface area (Å²) in [6, 6.07) is 9.52. The predicted molar refractivity (Wildman–Crippen MR) is 77.8 cm³/mol. The van der Waals surface area contributed by atoms with Gasteiger partial charge in [0, 0.05) is 20.2 Å². The second kappa shape index (κ2) is 4.09. The summed E-state index contributed by atoms with van der Waals surface area (Å²) >= 11 is 0. The number of benzene rings is 2. The van der Waals surface area contributed by atoms with Crippen molar-refractivity contribution in [3.05, 3.63) is 35.9 Å². The molecule has 0 atom stereocenters. The first kappa shape index (κ1) is 11.7. The third kappa shape index (κ3) is 1.95. The van der Waals surface area contributed by atoms with Crippen LogP contribution in [0.25, 0.3) is 22.1 Å². The number of aryl methyl sites for hydroxylation is 1. The van der Waals surface area contributed by atoms with Gasteiger partial charge in [-0.25, -0.2) is 9.97 Å². The van der Waals surface area contributed by atoms with Crippen LogP contribution in [0.1, 0.15) is 5.56 Å². The molecule has 4 heteroatoms. The van der Waals surface area contributed by atoms with Gasteiger partial charge in [-0.1, -0.05) is 6.07 Å². The summed E-state index contributed by atoms with van der Waals surface area (Å²) in [6.45, 7) is 2.03. The van der Waals surface area contributed by atoms with Gasteiger partial charge < -0.3 is 10.0 Å². The van der Waals surface area contributed by atoms with Crippen molar-refractivity contribution in [1.82, 2.24) is 9.97 Å². The molecule has 1 heterocycles. The normalized spacial score (nSPS) is 11.1. The minimum Gasteiger partial charge on any atom is -0.506 e. The molecule has 0 fully saturated rings. The lowest BCUT2D eigenvalue weighted by Gasteiger charge is -2.14. The molecule has 0 aliphatic heterocycles. The summed E-state index contributed by atoms with van der Waals surface area (Å²) < 4.78 is 0. The Morgan fingerprint density at radius 3 is 2.26 bits per heavy atom. The largest absolute Gasteiger partial charge is 0.506 e. The zero-order valence-electron chi connectivity index (χ0n) is 11.2. The fourth-order valence-corrected chi connectivity index (χ4v) is 2.17. The molecular formula is C15H15N3O. The monoisotopic (exact) mass is 253 g/mol. The van der Waals surface area contributed by atoms with Gasteiger partial charge in [-0.3, -0.25) is 0 Å². The van der Waals surface area contributed by atoms with Crippen LogP contribution < -0.4 is 4.90 Å². The molecule has 1 N–H and O–H groups in total. The van der Waals surface area contributed by atoms with Gasteiger partial charge in [-0.2, -0.15) is 0 Å². The Morgan fingerprint density at radius 1 is 0.895 bits per heavy atom.